The molecular weight excluding hydrogens is 363 g/mol. The molecule has 0 aromatic rings. The number of imide groups is 1. The van der Waals surface area contributed by atoms with Crippen molar-refractivity contribution in [1.29, 1.82) is 0 Å². The van der Waals surface area contributed by atoms with Gasteiger partial charge in [-0.25, -0.2) is 0 Å². The van der Waals surface area contributed by atoms with Crippen LogP contribution in [0.25, 0.3) is 0 Å². The molecule has 1 aliphatic rings. The summed E-state index contributed by atoms with van der Waals surface area (Å²) in [6.45, 7) is 8.52. The third kappa shape index (κ3) is 7.71. The Hall–Kier alpha value is -1.74. The first-order valence-corrected chi connectivity index (χ1v) is 9.72. The molecule has 1 fully saturated rings. The fourth-order valence-electron chi connectivity index (χ4n) is 2.66. The number of hydrogen-bond acceptors (Lipinski definition) is 6. The van der Waals surface area contributed by atoms with E-state index in [9.17, 15) is 19.2 Å². The zero-order valence-corrected chi connectivity index (χ0v) is 17.3. The monoisotopic (exact) mass is 394 g/mol. The summed E-state index contributed by atoms with van der Waals surface area (Å²) in [6.07, 6.45) is 0.189. The number of likely N-dealkylation sites (tertiary alicyclic amines) is 1. The van der Waals surface area contributed by atoms with Gasteiger partial charge in [0.05, 0.1) is 19.8 Å². The smallest absolute Gasteiger partial charge is 0.233 e. The highest BCUT2D eigenvalue weighted by molar-refractivity contribution is 6.14. The van der Waals surface area contributed by atoms with Crippen LogP contribution in [0, 0.1) is 17.8 Å². The summed E-state index contributed by atoms with van der Waals surface area (Å²) in [4.78, 5) is 49.8. The first-order valence-electron chi connectivity index (χ1n) is 9.72. The van der Waals surface area contributed by atoms with E-state index in [0.29, 0.717) is 6.61 Å². The lowest BCUT2D eigenvalue weighted by Gasteiger charge is -2.20. The Morgan fingerprint density at radius 1 is 1.14 bits per heavy atom. The minimum atomic E-state index is -0.365. The molecular formula is C19H31BN2O6. The molecule has 156 valence electrons. The van der Waals surface area contributed by atoms with Crippen molar-refractivity contribution in [2.45, 2.75) is 40.5 Å². The van der Waals surface area contributed by atoms with E-state index >= 15 is 0 Å². The Labute approximate surface area is 168 Å². The predicted molar refractivity (Wildman–Crippen MR) is 103 cm³/mol. The number of amides is 3. The molecule has 28 heavy (non-hydrogen) atoms. The number of carbonyl (C=O) groups excluding carboxylic acids is 4. The Balaban J connectivity index is 2.18. The summed E-state index contributed by atoms with van der Waals surface area (Å²) in [5.74, 6) is -1.05. The van der Waals surface area contributed by atoms with Gasteiger partial charge in [-0.2, -0.15) is 0 Å². The summed E-state index contributed by atoms with van der Waals surface area (Å²) in [7, 11) is 5.70. The second-order valence-corrected chi connectivity index (χ2v) is 7.56. The Kier molecular flexibility index (Phi) is 10.4. The highest BCUT2D eigenvalue weighted by atomic mass is 16.5. The van der Waals surface area contributed by atoms with Crippen LogP contribution in [0.3, 0.4) is 0 Å². The minimum Gasteiger partial charge on any atom is -0.394 e. The van der Waals surface area contributed by atoms with Gasteiger partial charge in [0.1, 0.15) is 6.61 Å². The van der Waals surface area contributed by atoms with Crippen molar-refractivity contribution in [2.24, 2.45) is 17.8 Å². The maximum Gasteiger partial charge on any atom is 0.233 e. The molecule has 1 atom stereocenters. The Bertz CT molecular complexity index is 567. The van der Waals surface area contributed by atoms with Crippen LogP contribution >= 0.6 is 0 Å². The van der Waals surface area contributed by atoms with Crippen molar-refractivity contribution < 1.29 is 28.7 Å². The van der Waals surface area contributed by atoms with E-state index in [1.807, 2.05) is 27.7 Å². The van der Waals surface area contributed by atoms with E-state index in [0.717, 1.165) is 9.71 Å². The number of carbonyl (C=O) groups is 4. The highest BCUT2D eigenvalue weighted by Gasteiger charge is 2.39. The van der Waals surface area contributed by atoms with E-state index < -0.39 is 0 Å². The molecule has 8 nitrogen and oxygen atoms in total. The van der Waals surface area contributed by atoms with Gasteiger partial charge in [-0.15, -0.1) is 0 Å². The van der Waals surface area contributed by atoms with Crippen LogP contribution in [0.15, 0.2) is 0 Å². The number of rotatable bonds is 13. The Morgan fingerprint density at radius 2 is 1.79 bits per heavy atom. The van der Waals surface area contributed by atoms with Crippen molar-refractivity contribution in [3.05, 3.63) is 0 Å². The molecule has 1 heterocycles. The second-order valence-electron chi connectivity index (χ2n) is 7.56. The average Bonchev–Trinajstić information content (AvgIpc) is 2.92. The SMILES string of the molecule is [B]N(CCOCCOCC(=O)C(C)C)C(=O)CCN1C(=O)CC(C(C)C)C1=O. The molecule has 9 heteroatoms. The van der Waals surface area contributed by atoms with Gasteiger partial charge < -0.3 is 14.3 Å². The molecule has 0 bridgehead atoms. The fourth-order valence-corrected chi connectivity index (χ4v) is 2.66. The molecule has 1 unspecified atom stereocenters. The molecule has 0 aliphatic carbocycles. The molecule has 1 aliphatic heterocycles. The normalized spacial score (nSPS) is 17.1. The zero-order valence-electron chi connectivity index (χ0n) is 17.3. The summed E-state index contributed by atoms with van der Waals surface area (Å²) in [5, 5.41) is 0. The van der Waals surface area contributed by atoms with Crippen LogP contribution in [-0.4, -0.2) is 80.7 Å². The first kappa shape index (κ1) is 24.3. The van der Waals surface area contributed by atoms with Crippen LogP contribution < -0.4 is 0 Å². The lowest BCUT2D eigenvalue weighted by atomic mass is 9.94. The molecule has 0 saturated carbocycles. The molecule has 0 N–H and O–H groups in total. The van der Waals surface area contributed by atoms with Crippen LogP contribution in [0.5, 0.6) is 0 Å². The third-order valence-electron chi connectivity index (χ3n) is 4.69. The van der Waals surface area contributed by atoms with Gasteiger partial charge in [0, 0.05) is 37.8 Å². The van der Waals surface area contributed by atoms with Crippen molar-refractivity contribution in [2.75, 3.05) is 39.5 Å². The van der Waals surface area contributed by atoms with Crippen LogP contribution in [0.1, 0.15) is 40.5 Å². The third-order valence-corrected chi connectivity index (χ3v) is 4.69. The van der Waals surface area contributed by atoms with Gasteiger partial charge in [-0.05, 0) is 5.92 Å². The molecule has 3 amide bonds. The van der Waals surface area contributed by atoms with Gasteiger partial charge in [0.15, 0.2) is 5.78 Å². The minimum absolute atomic E-state index is 0.0147. The van der Waals surface area contributed by atoms with Crippen molar-refractivity contribution in [3.8, 4) is 0 Å². The van der Waals surface area contributed by atoms with Crippen LogP contribution in [0.2, 0.25) is 0 Å². The Morgan fingerprint density at radius 3 is 2.36 bits per heavy atom. The van der Waals surface area contributed by atoms with E-state index in [-0.39, 0.29) is 87.0 Å². The number of nitrogens with zero attached hydrogens (tertiary/aromatic N) is 2. The molecule has 2 radical (unpaired) electrons. The van der Waals surface area contributed by atoms with Gasteiger partial charge in [-0.3, -0.25) is 24.1 Å². The van der Waals surface area contributed by atoms with Crippen molar-refractivity contribution in [1.82, 2.24) is 9.71 Å². The van der Waals surface area contributed by atoms with Gasteiger partial charge >= 0.3 is 0 Å². The van der Waals surface area contributed by atoms with Gasteiger partial charge in [0.2, 0.25) is 25.7 Å². The van der Waals surface area contributed by atoms with Gasteiger partial charge in [-0.1, -0.05) is 27.7 Å². The predicted octanol–water partition coefficient (Wildman–Crippen LogP) is 0.578. The van der Waals surface area contributed by atoms with Crippen LogP contribution in [-0.2, 0) is 28.7 Å². The number of Topliss-reactive ketones (excluding diaryl/α,β-unsaturated/α-hetero) is 1. The standard InChI is InChI=1S/C19H31BN2O6/c1-13(2)15-11-18(25)21(19(15)26)6-5-17(24)22(20)7-8-27-9-10-28-12-16(23)14(3)4/h13-15H,5-12H2,1-4H3. The van der Waals surface area contributed by atoms with E-state index in [1.165, 1.54) is 0 Å². The molecule has 0 aromatic carbocycles. The zero-order chi connectivity index (χ0) is 21.3. The number of ketones is 1. The van der Waals surface area contributed by atoms with Gasteiger partial charge in [0.25, 0.3) is 0 Å². The highest BCUT2D eigenvalue weighted by Crippen LogP contribution is 2.26. The quantitative estimate of drug-likeness (QED) is 0.258. The largest absolute Gasteiger partial charge is 0.394 e. The van der Waals surface area contributed by atoms with Crippen LogP contribution in [0.4, 0.5) is 0 Å². The molecule has 0 aromatic heterocycles. The van der Waals surface area contributed by atoms with E-state index in [2.05, 4.69) is 0 Å². The summed E-state index contributed by atoms with van der Waals surface area (Å²) < 4.78 is 10.5. The lowest BCUT2D eigenvalue weighted by molar-refractivity contribution is -0.140. The maximum absolute atomic E-state index is 12.2. The fraction of sp³-hybridized carbons (Fsp3) is 0.789. The van der Waals surface area contributed by atoms with E-state index in [4.69, 9.17) is 17.5 Å². The second kappa shape index (κ2) is 12.0. The topological polar surface area (TPSA) is 93.2 Å². The molecule has 0 spiro atoms. The van der Waals surface area contributed by atoms with E-state index in [1.54, 1.807) is 0 Å². The van der Waals surface area contributed by atoms with Crippen molar-refractivity contribution >= 4 is 31.5 Å². The average molecular weight is 394 g/mol. The number of hydrogen-bond donors (Lipinski definition) is 0. The summed E-state index contributed by atoms with van der Waals surface area (Å²) in [6, 6.07) is 0. The number of ether oxygens (including phenoxy) is 2. The lowest BCUT2D eigenvalue weighted by Crippen LogP contribution is -2.37. The first-order chi connectivity index (χ1) is 13.1. The van der Waals surface area contributed by atoms with Crippen molar-refractivity contribution in [3.63, 3.8) is 0 Å². The molecule has 1 saturated heterocycles. The molecule has 1 rings (SSSR count). The summed E-state index contributed by atoms with van der Waals surface area (Å²) in [5.41, 5.74) is 0. The maximum atomic E-state index is 12.2. The summed E-state index contributed by atoms with van der Waals surface area (Å²) >= 11 is 0.